The van der Waals surface area contributed by atoms with Crippen molar-refractivity contribution in [2.24, 2.45) is 4.99 Å². The largest absolute Gasteiger partial charge is 0.356 e. The maximum Gasteiger partial charge on any atom is 0.191 e. The molecule has 0 spiro atoms. The first kappa shape index (κ1) is 21.1. The van der Waals surface area contributed by atoms with Crippen LogP contribution in [0, 0.1) is 0 Å². The molecule has 2 N–H and O–H groups in total. The Hall–Kier alpha value is -2.16. The predicted molar refractivity (Wildman–Crippen MR) is 121 cm³/mol. The van der Waals surface area contributed by atoms with Crippen molar-refractivity contribution >= 4 is 35.6 Å². The Labute approximate surface area is 177 Å². The van der Waals surface area contributed by atoms with Crippen molar-refractivity contribution in [1.29, 1.82) is 0 Å². The monoisotopic (exact) mass is 478 g/mol. The van der Waals surface area contributed by atoms with E-state index in [-0.39, 0.29) is 24.0 Å². The van der Waals surface area contributed by atoms with Crippen LogP contribution in [0.15, 0.2) is 59.7 Å². The summed E-state index contributed by atoms with van der Waals surface area (Å²) in [6.45, 7) is 1.49. The summed E-state index contributed by atoms with van der Waals surface area (Å²) in [4.78, 5) is 4.27. The van der Waals surface area contributed by atoms with Gasteiger partial charge in [-0.2, -0.15) is 0 Å². The van der Waals surface area contributed by atoms with Crippen molar-refractivity contribution in [2.75, 3.05) is 13.6 Å². The maximum atomic E-state index is 4.27. The molecule has 0 atom stereocenters. The van der Waals surface area contributed by atoms with Crippen LogP contribution < -0.4 is 10.6 Å². The molecule has 0 amide bonds. The van der Waals surface area contributed by atoms with Crippen LogP contribution in [0.25, 0.3) is 5.65 Å². The molecule has 0 saturated heterocycles. The molecule has 1 aromatic carbocycles. The number of unbranched alkanes of at least 4 members (excludes halogenated alkanes) is 2. The van der Waals surface area contributed by atoms with Gasteiger partial charge in [-0.3, -0.25) is 9.39 Å². The Bertz CT molecular complexity index is 831. The summed E-state index contributed by atoms with van der Waals surface area (Å²) in [6.07, 6.45) is 6.65. The Morgan fingerprint density at radius 3 is 2.59 bits per heavy atom. The number of aromatic nitrogens is 3. The van der Waals surface area contributed by atoms with Gasteiger partial charge in [0.1, 0.15) is 0 Å². The van der Waals surface area contributed by atoms with Crippen LogP contribution in [0.2, 0.25) is 0 Å². The second kappa shape index (κ2) is 11.5. The topological polar surface area (TPSA) is 66.6 Å². The molecule has 2 heterocycles. The number of nitrogens with one attached hydrogen (secondary N) is 2. The van der Waals surface area contributed by atoms with Gasteiger partial charge in [-0.25, -0.2) is 0 Å². The van der Waals surface area contributed by atoms with Gasteiger partial charge in [0.2, 0.25) is 0 Å². The lowest BCUT2D eigenvalue weighted by atomic mass is 10.1. The minimum absolute atomic E-state index is 0. The summed E-state index contributed by atoms with van der Waals surface area (Å²) >= 11 is 0. The number of guanidine groups is 1. The van der Waals surface area contributed by atoms with Crippen LogP contribution in [-0.2, 0) is 13.0 Å². The Morgan fingerprint density at radius 1 is 0.963 bits per heavy atom. The average Bonchev–Trinajstić information content (AvgIpc) is 3.11. The summed E-state index contributed by atoms with van der Waals surface area (Å²) in [5.74, 6) is 1.66. The fourth-order valence-corrected chi connectivity index (χ4v) is 2.88. The van der Waals surface area contributed by atoms with Gasteiger partial charge in [0.05, 0.1) is 6.54 Å². The lowest BCUT2D eigenvalue weighted by molar-refractivity contribution is 0.653. The highest BCUT2D eigenvalue weighted by molar-refractivity contribution is 14.0. The zero-order valence-corrected chi connectivity index (χ0v) is 18.0. The quantitative estimate of drug-likeness (QED) is 0.225. The number of fused-ring (bicyclic) bond motifs is 1. The van der Waals surface area contributed by atoms with E-state index in [0.29, 0.717) is 6.54 Å². The third kappa shape index (κ3) is 6.50. The molecule has 0 bridgehead atoms. The van der Waals surface area contributed by atoms with Gasteiger partial charge in [0, 0.05) is 19.8 Å². The summed E-state index contributed by atoms with van der Waals surface area (Å²) < 4.78 is 1.98. The molecule has 0 aliphatic carbocycles. The van der Waals surface area contributed by atoms with Crippen molar-refractivity contribution in [3.8, 4) is 0 Å². The Balaban J connectivity index is 0.00000261. The number of benzene rings is 1. The van der Waals surface area contributed by atoms with E-state index < -0.39 is 0 Å². The van der Waals surface area contributed by atoms with E-state index in [0.717, 1.165) is 36.8 Å². The van der Waals surface area contributed by atoms with Gasteiger partial charge in [0.25, 0.3) is 0 Å². The number of hydrogen-bond donors (Lipinski definition) is 2. The minimum Gasteiger partial charge on any atom is -0.356 e. The Morgan fingerprint density at radius 2 is 1.78 bits per heavy atom. The first-order valence-corrected chi connectivity index (χ1v) is 9.14. The lowest BCUT2D eigenvalue weighted by Gasteiger charge is -2.11. The van der Waals surface area contributed by atoms with E-state index in [1.54, 1.807) is 7.05 Å². The van der Waals surface area contributed by atoms with Gasteiger partial charge in [0.15, 0.2) is 17.4 Å². The molecule has 7 heteroatoms. The highest BCUT2D eigenvalue weighted by atomic mass is 127. The van der Waals surface area contributed by atoms with Crippen LogP contribution in [0.3, 0.4) is 0 Å². The number of nitrogens with zero attached hydrogens (tertiary/aromatic N) is 4. The minimum atomic E-state index is 0. The summed E-state index contributed by atoms with van der Waals surface area (Å²) in [7, 11) is 1.78. The van der Waals surface area contributed by atoms with Crippen molar-refractivity contribution < 1.29 is 0 Å². The third-order valence-corrected chi connectivity index (χ3v) is 4.30. The maximum absolute atomic E-state index is 4.27. The molecule has 0 aliphatic heterocycles. The molecular formula is C20H27IN6. The zero-order valence-electron chi connectivity index (χ0n) is 15.6. The summed E-state index contributed by atoms with van der Waals surface area (Å²) in [5.41, 5.74) is 2.27. The second-order valence-electron chi connectivity index (χ2n) is 6.19. The SMILES string of the molecule is CN=C(NCCCCCc1ccccc1)NCc1nnc2ccccn12.I. The molecular weight excluding hydrogens is 451 g/mol. The lowest BCUT2D eigenvalue weighted by Crippen LogP contribution is -2.37. The normalized spacial score (nSPS) is 11.2. The molecule has 0 aliphatic rings. The van der Waals surface area contributed by atoms with Crippen molar-refractivity contribution in [3.05, 3.63) is 66.1 Å². The molecule has 3 aromatic rings. The van der Waals surface area contributed by atoms with Crippen molar-refractivity contribution in [2.45, 2.75) is 32.2 Å². The average molecular weight is 478 g/mol. The first-order valence-electron chi connectivity index (χ1n) is 9.14. The number of rotatable bonds is 8. The number of aryl methyl sites for hydroxylation is 1. The zero-order chi connectivity index (χ0) is 18.0. The number of hydrogen-bond acceptors (Lipinski definition) is 3. The van der Waals surface area contributed by atoms with E-state index in [1.807, 2.05) is 28.8 Å². The van der Waals surface area contributed by atoms with Gasteiger partial charge < -0.3 is 10.6 Å². The second-order valence-corrected chi connectivity index (χ2v) is 6.19. The molecule has 0 unspecified atom stereocenters. The van der Waals surface area contributed by atoms with Crippen molar-refractivity contribution in [3.63, 3.8) is 0 Å². The third-order valence-electron chi connectivity index (χ3n) is 4.30. The van der Waals surface area contributed by atoms with Crippen LogP contribution in [-0.4, -0.2) is 34.2 Å². The molecule has 0 saturated carbocycles. The smallest absolute Gasteiger partial charge is 0.191 e. The fraction of sp³-hybridized carbons (Fsp3) is 0.350. The number of halogens is 1. The van der Waals surface area contributed by atoms with Crippen LogP contribution in [0.1, 0.15) is 30.7 Å². The van der Waals surface area contributed by atoms with E-state index >= 15 is 0 Å². The van der Waals surface area contributed by atoms with Gasteiger partial charge in [-0.1, -0.05) is 42.8 Å². The van der Waals surface area contributed by atoms with Gasteiger partial charge in [-0.05, 0) is 37.0 Å². The van der Waals surface area contributed by atoms with Crippen LogP contribution in [0.5, 0.6) is 0 Å². The number of aliphatic imine (C=N–C) groups is 1. The molecule has 0 fully saturated rings. The van der Waals surface area contributed by atoms with E-state index in [1.165, 1.54) is 18.4 Å². The van der Waals surface area contributed by atoms with Gasteiger partial charge in [-0.15, -0.1) is 34.2 Å². The Kier molecular flexibility index (Phi) is 9.03. The molecule has 6 nitrogen and oxygen atoms in total. The van der Waals surface area contributed by atoms with Crippen LogP contribution in [0.4, 0.5) is 0 Å². The van der Waals surface area contributed by atoms with Crippen LogP contribution >= 0.6 is 24.0 Å². The molecule has 27 heavy (non-hydrogen) atoms. The highest BCUT2D eigenvalue weighted by Crippen LogP contribution is 2.06. The number of pyridine rings is 1. The molecule has 0 radical (unpaired) electrons. The molecule has 2 aromatic heterocycles. The van der Waals surface area contributed by atoms with Crippen molar-refractivity contribution in [1.82, 2.24) is 25.2 Å². The first-order chi connectivity index (χ1) is 12.9. The summed E-state index contributed by atoms with van der Waals surface area (Å²) in [5, 5.41) is 15.0. The summed E-state index contributed by atoms with van der Waals surface area (Å²) in [6, 6.07) is 16.5. The van der Waals surface area contributed by atoms with E-state index in [9.17, 15) is 0 Å². The van der Waals surface area contributed by atoms with E-state index in [2.05, 4.69) is 56.2 Å². The highest BCUT2D eigenvalue weighted by Gasteiger charge is 2.05. The van der Waals surface area contributed by atoms with E-state index in [4.69, 9.17) is 0 Å². The predicted octanol–water partition coefficient (Wildman–Crippen LogP) is 3.43. The molecule has 3 rings (SSSR count). The van der Waals surface area contributed by atoms with Gasteiger partial charge >= 0.3 is 0 Å². The fourth-order valence-electron chi connectivity index (χ4n) is 2.88. The standard InChI is InChI=1S/C20H26N6.HI/c1-21-20(22-14-8-3-6-12-17-10-4-2-5-11-17)23-16-19-25-24-18-13-7-9-15-26(18)19;/h2,4-5,7,9-11,13,15H,3,6,8,12,14,16H2,1H3,(H2,21,22,23);1H. The molecule has 144 valence electrons.